The quantitative estimate of drug-likeness (QED) is 0.186. The SMILES string of the molecule is Cc1ccc([C@H]2CC(c3ccc(Br)cc3)=NN2C(=O)CSc2nnc(CNC(=O)c3ccco3)n2-c2ccccc2)cc1. The molecule has 0 fully saturated rings. The fraction of sp³-hybridized carbons (Fsp3) is 0.156. The molecule has 3 heterocycles. The summed E-state index contributed by atoms with van der Waals surface area (Å²) in [5, 5.41) is 18.5. The van der Waals surface area contributed by atoms with Crippen molar-refractivity contribution < 1.29 is 14.0 Å². The normalized spacial score (nSPS) is 14.5. The summed E-state index contributed by atoms with van der Waals surface area (Å²) < 4.78 is 8.02. The van der Waals surface area contributed by atoms with Gasteiger partial charge in [-0.3, -0.25) is 14.2 Å². The predicted octanol–water partition coefficient (Wildman–Crippen LogP) is 6.33. The Balaban J connectivity index is 1.24. The Hall–Kier alpha value is -4.48. The van der Waals surface area contributed by atoms with E-state index in [0.717, 1.165) is 32.6 Å². The number of hydrogen-bond acceptors (Lipinski definition) is 7. The molecule has 2 aromatic heterocycles. The standard InChI is InChI=1S/C32H27BrN6O3S/c1-21-9-11-23(12-10-21)27-18-26(22-13-15-24(33)16-14-22)37-39(27)30(40)20-43-32-36-35-29(38(32)25-6-3-2-4-7-25)19-34-31(41)28-8-5-17-42-28/h2-17,27H,18-20H2,1H3,(H,34,41)/t27-/m1/s1. The molecule has 0 saturated heterocycles. The number of halogens is 1. The Morgan fingerprint density at radius 2 is 1.74 bits per heavy atom. The summed E-state index contributed by atoms with van der Waals surface area (Å²) in [5.74, 6) is 0.340. The molecule has 0 saturated carbocycles. The third-order valence-electron chi connectivity index (χ3n) is 7.00. The van der Waals surface area contributed by atoms with Gasteiger partial charge in [0.25, 0.3) is 11.8 Å². The molecule has 1 aliphatic rings. The third kappa shape index (κ3) is 6.47. The second kappa shape index (κ2) is 12.8. The fourth-order valence-corrected chi connectivity index (χ4v) is 5.88. The van der Waals surface area contributed by atoms with Gasteiger partial charge in [-0.15, -0.1) is 10.2 Å². The molecule has 0 spiro atoms. The summed E-state index contributed by atoms with van der Waals surface area (Å²) in [5.41, 5.74) is 4.84. The number of rotatable bonds is 9. The number of aromatic nitrogens is 3. The second-order valence-corrected chi connectivity index (χ2v) is 11.8. The van der Waals surface area contributed by atoms with Crippen LogP contribution in [0.25, 0.3) is 5.69 Å². The van der Waals surface area contributed by atoms with Crippen LogP contribution in [0.2, 0.25) is 0 Å². The highest BCUT2D eigenvalue weighted by Gasteiger charge is 2.33. The van der Waals surface area contributed by atoms with Crippen LogP contribution >= 0.6 is 27.7 Å². The highest BCUT2D eigenvalue weighted by atomic mass is 79.9. The van der Waals surface area contributed by atoms with Crippen LogP contribution in [-0.4, -0.2) is 43.1 Å². The number of nitrogens with one attached hydrogen (secondary N) is 1. The first-order valence-corrected chi connectivity index (χ1v) is 15.4. The zero-order valence-electron chi connectivity index (χ0n) is 23.2. The van der Waals surface area contributed by atoms with Crippen molar-refractivity contribution in [1.29, 1.82) is 0 Å². The minimum atomic E-state index is -0.354. The van der Waals surface area contributed by atoms with E-state index in [1.807, 2.05) is 66.1 Å². The van der Waals surface area contributed by atoms with Crippen molar-refractivity contribution in [3.05, 3.63) is 130 Å². The van der Waals surface area contributed by atoms with Gasteiger partial charge in [0.15, 0.2) is 16.7 Å². The average molecular weight is 656 g/mol. The fourth-order valence-electron chi connectivity index (χ4n) is 4.80. The van der Waals surface area contributed by atoms with Crippen LogP contribution in [0.5, 0.6) is 0 Å². The summed E-state index contributed by atoms with van der Waals surface area (Å²) in [4.78, 5) is 26.2. The minimum Gasteiger partial charge on any atom is -0.459 e. The Labute approximate surface area is 261 Å². The summed E-state index contributed by atoms with van der Waals surface area (Å²) in [6, 6.07) is 28.8. The lowest BCUT2D eigenvalue weighted by atomic mass is 9.98. The summed E-state index contributed by atoms with van der Waals surface area (Å²) in [6.07, 6.45) is 2.06. The lowest BCUT2D eigenvalue weighted by Gasteiger charge is -2.22. The minimum absolute atomic E-state index is 0.100. The number of nitrogens with zero attached hydrogens (tertiary/aromatic N) is 5. The van der Waals surface area contributed by atoms with Crippen molar-refractivity contribution in [2.24, 2.45) is 5.10 Å². The average Bonchev–Trinajstić information content (AvgIpc) is 3.80. The molecule has 0 unspecified atom stereocenters. The number of para-hydroxylation sites is 1. The van der Waals surface area contributed by atoms with E-state index in [0.29, 0.717) is 17.4 Å². The van der Waals surface area contributed by atoms with E-state index in [-0.39, 0.29) is 35.9 Å². The van der Waals surface area contributed by atoms with E-state index < -0.39 is 0 Å². The van der Waals surface area contributed by atoms with Crippen LogP contribution in [0.1, 0.15) is 45.5 Å². The molecule has 11 heteroatoms. The van der Waals surface area contributed by atoms with Crippen molar-refractivity contribution in [2.75, 3.05) is 5.75 Å². The third-order valence-corrected chi connectivity index (χ3v) is 8.44. The number of benzene rings is 3. The first-order valence-electron chi connectivity index (χ1n) is 13.6. The number of furan rings is 1. The lowest BCUT2D eigenvalue weighted by Crippen LogP contribution is -2.28. The molecular weight excluding hydrogens is 628 g/mol. The van der Waals surface area contributed by atoms with Crippen molar-refractivity contribution >= 4 is 45.2 Å². The van der Waals surface area contributed by atoms with Gasteiger partial charge >= 0.3 is 0 Å². The molecule has 0 bridgehead atoms. The Kier molecular flexibility index (Phi) is 8.52. The molecular formula is C32H27BrN6O3S. The highest BCUT2D eigenvalue weighted by molar-refractivity contribution is 9.10. The van der Waals surface area contributed by atoms with E-state index in [1.165, 1.54) is 18.0 Å². The zero-order valence-corrected chi connectivity index (χ0v) is 25.6. The first-order chi connectivity index (χ1) is 21.0. The molecule has 1 N–H and O–H groups in total. The Morgan fingerprint density at radius 3 is 2.47 bits per heavy atom. The molecule has 9 nitrogen and oxygen atoms in total. The maximum Gasteiger partial charge on any atom is 0.287 e. The Bertz CT molecular complexity index is 1750. The van der Waals surface area contributed by atoms with Crippen molar-refractivity contribution in [2.45, 2.75) is 31.1 Å². The van der Waals surface area contributed by atoms with Crippen LogP contribution < -0.4 is 5.32 Å². The van der Waals surface area contributed by atoms with Gasteiger partial charge in [0.05, 0.1) is 30.3 Å². The van der Waals surface area contributed by atoms with Crippen molar-refractivity contribution in [3.8, 4) is 5.69 Å². The van der Waals surface area contributed by atoms with Gasteiger partial charge in [0.2, 0.25) is 0 Å². The van der Waals surface area contributed by atoms with Gasteiger partial charge in [-0.1, -0.05) is 87.9 Å². The number of hydrogen-bond donors (Lipinski definition) is 1. The number of amides is 2. The van der Waals surface area contributed by atoms with Gasteiger partial charge in [0.1, 0.15) is 0 Å². The Morgan fingerprint density at radius 1 is 0.977 bits per heavy atom. The summed E-state index contributed by atoms with van der Waals surface area (Å²) in [7, 11) is 0. The molecule has 2 amide bonds. The van der Waals surface area contributed by atoms with Gasteiger partial charge in [0, 0.05) is 16.6 Å². The van der Waals surface area contributed by atoms with Gasteiger partial charge in [-0.05, 0) is 54.4 Å². The lowest BCUT2D eigenvalue weighted by molar-refractivity contribution is -0.130. The molecule has 1 aliphatic heterocycles. The predicted molar refractivity (Wildman–Crippen MR) is 168 cm³/mol. The summed E-state index contributed by atoms with van der Waals surface area (Å²) >= 11 is 4.77. The molecule has 43 heavy (non-hydrogen) atoms. The van der Waals surface area contributed by atoms with E-state index in [1.54, 1.807) is 17.1 Å². The van der Waals surface area contributed by atoms with Gasteiger partial charge in [-0.25, -0.2) is 5.01 Å². The number of carbonyl (C=O) groups is 2. The number of carbonyl (C=O) groups excluding carboxylic acids is 2. The topological polar surface area (TPSA) is 106 Å². The zero-order chi connectivity index (χ0) is 29.8. The van der Waals surface area contributed by atoms with Gasteiger partial charge < -0.3 is 9.73 Å². The number of aryl methyl sites for hydroxylation is 1. The first kappa shape index (κ1) is 28.6. The summed E-state index contributed by atoms with van der Waals surface area (Å²) in [6.45, 7) is 2.17. The van der Waals surface area contributed by atoms with Crippen LogP contribution in [-0.2, 0) is 11.3 Å². The molecule has 5 aromatic rings. The van der Waals surface area contributed by atoms with Crippen LogP contribution in [0.4, 0.5) is 0 Å². The highest BCUT2D eigenvalue weighted by Crippen LogP contribution is 2.34. The smallest absolute Gasteiger partial charge is 0.287 e. The molecule has 6 rings (SSSR count). The van der Waals surface area contributed by atoms with Gasteiger partial charge in [-0.2, -0.15) is 5.10 Å². The molecule has 0 aliphatic carbocycles. The van der Waals surface area contributed by atoms with E-state index in [2.05, 4.69) is 55.7 Å². The largest absolute Gasteiger partial charge is 0.459 e. The van der Waals surface area contributed by atoms with Crippen LogP contribution in [0.3, 0.4) is 0 Å². The van der Waals surface area contributed by atoms with E-state index in [4.69, 9.17) is 9.52 Å². The molecule has 3 aromatic carbocycles. The van der Waals surface area contributed by atoms with Crippen LogP contribution in [0.15, 0.2) is 116 Å². The van der Waals surface area contributed by atoms with Crippen molar-refractivity contribution in [1.82, 2.24) is 25.1 Å². The molecule has 216 valence electrons. The maximum atomic E-state index is 13.8. The maximum absolute atomic E-state index is 13.8. The number of hydrazone groups is 1. The van der Waals surface area contributed by atoms with Crippen molar-refractivity contribution in [3.63, 3.8) is 0 Å². The van der Waals surface area contributed by atoms with E-state index >= 15 is 0 Å². The number of thioether (sulfide) groups is 1. The monoisotopic (exact) mass is 654 g/mol. The molecule has 0 radical (unpaired) electrons. The molecule has 1 atom stereocenters. The second-order valence-electron chi connectivity index (χ2n) is 9.94. The van der Waals surface area contributed by atoms with E-state index in [9.17, 15) is 9.59 Å². The van der Waals surface area contributed by atoms with Crippen LogP contribution in [0, 0.1) is 6.92 Å².